The first-order valence-corrected chi connectivity index (χ1v) is 9.66. The van der Waals surface area contributed by atoms with Gasteiger partial charge in [0.05, 0.1) is 12.1 Å². The van der Waals surface area contributed by atoms with Crippen LogP contribution in [-0.4, -0.2) is 48.7 Å². The lowest BCUT2D eigenvalue weighted by Gasteiger charge is -2.37. The summed E-state index contributed by atoms with van der Waals surface area (Å²) in [4.78, 5) is 26.5. The molecule has 1 aliphatic heterocycles. The Hall–Kier alpha value is -3.15. The number of pyridine rings is 2. The molecule has 0 spiro atoms. The first kappa shape index (κ1) is 18.2. The largest absolute Gasteiger partial charge is 0.462 e. The van der Waals surface area contributed by atoms with Crippen LogP contribution < -0.4 is 9.80 Å². The van der Waals surface area contributed by atoms with Crippen LogP contribution in [0, 0.1) is 6.92 Å². The van der Waals surface area contributed by atoms with E-state index in [-0.39, 0.29) is 5.97 Å². The predicted molar refractivity (Wildman–Crippen MR) is 111 cm³/mol. The summed E-state index contributed by atoms with van der Waals surface area (Å²) in [5.74, 6) is 1.39. The molecule has 0 aliphatic carbocycles. The second kappa shape index (κ2) is 7.84. The molecule has 4 rings (SSSR count). The van der Waals surface area contributed by atoms with Gasteiger partial charge in [0.25, 0.3) is 0 Å². The number of para-hydroxylation sites is 1. The Balaban J connectivity index is 1.68. The summed E-state index contributed by atoms with van der Waals surface area (Å²) in [5.41, 5.74) is 2.40. The van der Waals surface area contributed by atoms with E-state index in [1.807, 2.05) is 62.5 Å². The maximum Gasteiger partial charge on any atom is 0.342 e. The minimum atomic E-state index is -0.305. The van der Waals surface area contributed by atoms with Crippen LogP contribution in [0.1, 0.15) is 22.8 Å². The van der Waals surface area contributed by atoms with E-state index < -0.39 is 0 Å². The number of fused-ring (bicyclic) bond motifs is 1. The van der Waals surface area contributed by atoms with E-state index in [0.29, 0.717) is 12.2 Å². The van der Waals surface area contributed by atoms with Gasteiger partial charge in [-0.3, -0.25) is 0 Å². The molecule has 3 aromatic rings. The standard InChI is InChI=1S/C22H24N4O2/c1-3-28-22(27)20-16(2)17-8-4-5-9-18(17)24-21(20)26-14-12-25(13-15-26)19-10-6-7-11-23-19/h4-11H,3,12-15H2,1-2H3. The molecule has 0 radical (unpaired) electrons. The zero-order valence-corrected chi connectivity index (χ0v) is 16.3. The molecular weight excluding hydrogens is 352 g/mol. The minimum absolute atomic E-state index is 0.305. The average molecular weight is 376 g/mol. The molecule has 0 bridgehead atoms. The third kappa shape index (κ3) is 3.38. The van der Waals surface area contributed by atoms with Gasteiger partial charge in [0.2, 0.25) is 0 Å². The molecule has 0 amide bonds. The number of hydrogen-bond acceptors (Lipinski definition) is 6. The maximum atomic E-state index is 12.7. The molecule has 1 aromatic carbocycles. The van der Waals surface area contributed by atoms with E-state index in [9.17, 15) is 4.79 Å². The lowest BCUT2D eigenvalue weighted by Crippen LogP contribution is -2.47. The predicted octanol–water partition coefficient (Wildman–Crippen LogP) is 3.44. The van der Waals surface area contributed by atoms with Crippen molar-refractivity contribution >= 4 is 28.5 Å². The van der Waals surface area contributed by atoms with Gasteiger partial charge < -0.3 is 14.5 Å². The molecule has 1 aliphatic rings. The summed E-state index contributed by atoms with van der Waals surface area (Å²) in [5, 5.41) is 0.987. The van der Waals surface area contributed by atoms with Gasteiger partial charge in [-0.25, -0.2) is 14.8 Å². The number of benzene rings is 1. The fourth-order valence-electron chi connectivity index (χ4n) is 3.73. The van der Waals surface area contributed by atoms with Crippen LogP contribution in [0.3, 0.4) is 0 Å². The summed E-state index contributed by atoms with van der Waals surface area (Å²) in [6.07, 6.45) is 1.81. The van der Waals surface area contributed by atoms with Gasteiger partial charge in [0.1, 0.15) is 17.2 Å². The molecular formula is C22H24N4O2. The number of piperazine rings is 1. The number of ether oxygens (including phenoxy) is 1. The zero-order chi connectivity index (χ0) is 19.5. The van der Waals surface area contributed by atoms with Gasteiger partial charge in [-0.05, 0) is 37.6 Å². The highest BCUT2D eigenvalue weighted by molar-refractivity contribution is 6.02. The van der Waals surface area contributed by atoms with E-state index >= 15 is 0 Å². The highest BCUT2D eigenvalue weighted by Gasteiger charge is 2.26. The fourth-order valence-corrected chi connectivity index (χ4v) is 3.73. The number of rotatable bonds is 4. The number of aromatic nitrogens is 2. The van der Waals surface area contributed by atoms with Crippen LogP contribution in [0.2, 0.25) is 0 Å². The Morgan fingerprint density at radius 1 is 1.04 bits per heavy atom. The first-order valence-electron chi connectivity index (χ1n) is 9.66. The second-order valence-corrected chi connectivity index (χ2v) is 6.84. The van der Waals surface area contributed by atoms with Crippen LogP contribution in [0.4, 0.5) is 11.6 Å². The molecule has 3 heterocycles. The zero-order valence-electron chi connectivity index (χ0n) is 16.3. The molecule has 0 N–H and O–H groups in total. The monoisotopic (exact) mass is 376 g/mol. The van der Waals surface area contributed by atoms with Gasteiger partial charge in [-0.1, -0.05) is 24.3 Å². The lowest BCUT2D eigenvalue weighted by molar-refractivity contribution is 0.0526. The molecule has 1 saturated heterocycles. The number of esters is 1. The molecule has 0 saturated carbocycles. The van der Waals surface area contributed by atoms with E-state index in [1.54, 1.807) is 0 Å². The Morgan fingerprint density at radius 2 is 1.75 bits per heavy atom. The summed E-state index contributed by atoms with van der Waals surface area (Å²) >= 11 is 0. The summed E-state index contributed by atoms with van der Waals surface area (Å²) in [7, 11) is 0. The van der Waals surface area contributed by atoms with Crippen molar-refractivity contribution in [1.29, 1.82) is 0 Å². The Labute approximate surface area is 164 Å². The van der Waals surface area contributed by atoms with Crippen molar-refractivity contribution in [3.05, 3.63) is 59.8 Å². The summed E-state index contributed by atoms with van der Waals surface area (Å²) in [6.45, 7) is 7.34. The van der Waals surface area contributed by atoms with Gasteiger partial charge >= 0.3 is 5.97 Å². The average Bonchev–Trinajstić information content (AvgIpc) is 2.74. The van der Waals surface area contributed by atoms with Gasteiger partial charge in [0, 0.05) is 37.8 Å². The molecule has 1 fully saturated rings. The second-order valence-electron chi connectivity index (χ2n) is 6.84. The number of carbonyl (C=O) groups excluding carboxylic acids is 1. The van der Waals surface area contributed by atoms with Crippen LogP contribution >= 0.6 is 0 Å². The molecule has 28 heavy (non-hydrogen) atoms. The highest BCUT2D eigenvalue weighted by atomic mass is 16.5. The quantitative estimate of drug-likeness (QED) is 0.650. The third-order valence-corrected chi connectivity index (χ3v) is 5.17. The van der Waals surface area contributed by atoms with Crippen molar-refractivity contribution in [3.8, 4) is 0 Å². The van der Waals surface area contributed by atoms with E-state index in [2.05, 4.69) is 14.8 Å². The number of anilines is 2. The molecule has 144 valence electrons. The van der Waals surface area contributed by atoms with Gasteiger partial charge in [-0.2, -0.15) is 0 Å². The van der Waals surface area contributed by atoms with Crippen molar-refractivity contribution < 1.29 is 9.53 Å². The van der Waals surface area contributed by atoms with Crippen LogP contribution in [0.5, 0.6) is 0 Å². The van der Waals surface area contributed by atoms with E-state index in [4.69, 9.17) is 9.72 Å². The molecule has 0 unspecified atom stereocenters. The molecule has 0 atom stereocenters. The topological polar surface area (TPSA) is 58.6 Å². The van der Waals surface area contributed by atoms with Crippen molar-refractivity contribution in [2.45, 2.75) is 13.8 Å². The molecule has 6 heteroatoms. The van der Waals surface area contributed by atoms with E-state index in [0.717, 1.165) is 54.3 Å². The number of carbonyl (C=O) groups is 1. The van der Waals surface area contributed by atoms with Gasteiger partial charge in [-0.15, -0.1) is 0 Å². The summed E-state index contributed by atoms with van der Waals surface area (Å²) < 4.78 is 5.35. The Morgan fingerprint density at radius 3 is 2.46 bits per heavy atom. The Kier molecular flexibility index (Phi) is 5.10. The summed E-state index contributed by atoms with van der Waals surface area (Å²) in [6, 6.07) is 13.9. The number of hydrogen-bond donors (Lipinski definition) is 0. The van der Waals surface area contributed by atoms with Crippen molar-refractivity contribution in [2.24, 2.45) is 0 Å². The number of aryl methyl sites for hydroxylation is 1. The fraction of sp³-hybridized carbons (Fsp3) is 0.318. The molecule has 6 nitrogen and oxygen atoms in total. The third-order valence-electron chi connectivity index (χ3n) is 5.17. The first-order chi connectivity index (χ1) is 13.7. The van der Waals surface area contributed by atoms with Crippen molar-refractivity contribution in [1.82, 2.24) is 9.97 Å². The minimum Gasteiger partial charge on any atom is -0.462 e. The normalized spacial score (nSPS) is 14.4. The highest BCUT2D eigenvalue weighted by Crippen LogP contribution is 2.30. The van der Waals surface area contributed by atoms with Crippen LogP contribution in [-0.2, 0) is 4.74 Å². The lowest BCUT2D eigenvalue weighted by atomic mass is 10.0. The SMILES string of the molecule is CCOC(=O)c1c(N2CCN(c3ccccn3)CC2)nc2ccccc2c1C. The van der Waals surface area contributed by atoms with Crippen molar-refractivity contribution in [3.63, 3.8) is 0 Å². The number of nitrogens with zero attached hydrogens (tertiary/aromatic N) is 4. The van der Waals surface area contributed by atoms with Crippen LogP contribution in [0.25, 0.3) is 10.9 Å². The van der Waals surface area contributed by atoms with Crippen LogP contribution in [0.15, 0.2) is 48.7 Å². The van der Waals surface area contributed by atoms with Gasteiger partial charge in [0.15, 0.2) is 0 Å². The van der Waals surface area contributed by atoms with Crippen molar-refractivity contribution in [2.75, 3.05) is 42.6 Å². The Bertz CT molecular complexity index is 982. The molecule has 2 aromatic heterocycles. The smallest absolute Gasteiger partial charge is 0.342 e. The van der Waals surface area contributed by atoms with E-state index in [1.165, 1.54) is 0 Å². The maximum absolute atomic E-state index is 12.7.